The number of carbonyl (C=O) groups is 1. The topological polar surface area (TPSA) is 20.3 Å². The Morgan fingerprint density at radius 3 is 2.05 bits per heavy atom. The fourth-order valence-electron chi connectivity index (χ4n) is 4.26. The van der Waals surface area contributed by atoms with E-state index in [9.17, 15) is 4.79 Å². The van der Waals surface area contributed by atoms with Crippen molar-refractivity contribution in [1.82, 2.24) is 4.90 Å². The van der Waals surface area contributed by atoms with Crippen LogP contribution in [0.15, 0.2) is 0 Å². The van der Waals surface area contributed by atoms with Gasteiger partial charge in [0.2, 0.25) is 5.91 Å². The van der Waals surface area contributed by atoms with Gasteiger partial charge in [0.15, 0.2) is 0 Å². The van der Waals surface area contributed by atoms with Crippen LogP contribution in [-0.2, 0) is 4.79 Å². The largest absolute Gasteiger partial charge is 0.342 e. The van der Waals surface area contributed by atoms with Gasteiger partial charge in [-0.3, -0.25) is 4.79 Å². The predicted molar refractivity (Wildman–Crippen MR) is 84.5 cm³/mol. The van der Waals surface area contributed by atoms with Gasteiger partial charge in [-0.2, -0.15) is 0 Å². The molecule has 1 saturated heterocycles. The Balaban J connectivity index is 1.81. The van der Waals surface area contributed by atoms with Crippen molar-refractivity contribution in [2.45, 2.75) is 72.6 Å². The van der Waals surface area contributed by atoms with Gasteiger partial charge in [-0.25, -0.2) is 0 Å². The van der Waals surface area contributed by atoms with Gasteiger partial charge in [-0.1, -0.05) is 27.7 Å². The summed E-state index contributed by atoms with van der Waals surface area (Å²) >= 11 is 0. The van der Waals surface area contributed by atoms with Crippen LogP contribution in [0.1, 0.15) is 72.6 Å². The minimum Gasteiger partial charge on any atom is -0.342 e. The van der Waals surface area contributed by atoms with Crippen molar-refractivity contribution in [1.29, 1.82) is 0 Å². The number of rotatable bonds is 3. The first kappa shape index (κ1) is 15.9. The molecule has 116 valence electrons. The molecule has 2 nitrogen and oxygen atoms in total. The maximum absolute atomic E-state index is 12.1. The Kier molecular flexibility index (Phi) is 5.14. The van der Waals surface area contributed by atoms with Crippen molar-refractivity contribution in [3.8, 4) is 0 Å². The highest BCUT2D eigenvalue weighted by Gasteiger charge is 2.39. The summed E-state index contributed by atoms with van der Waals surface area (Å²) in [6, 6.07) is 0. The van der Waals surface area contributed by atoms with E-state index in [1.807, 2.05) is 13.8 Å². The van der Waals surface area contributed by atoms with E-state index < -0.39 is 0 Å². The number of nitrogens with zero attached hydrogens (tertiary/aromatic N) is 1. The molecule has 1 aliphatic heterocycles. The first-order valence-electron chi connectivity index (χ1n) is 8.71. The van der Waals surface area contributed by atoms with Gasteiger partial charge in [0.1, 0.15) is 0 Å². The number of carbonyl (C=O) groups excluding carboxylic acids is 1. The van der Waals surface area contributed by atoms with Crippen LogP contribution in [0.5, 0.6) is 0 Å². The van der Waals surface area contributed by atoms with Gasteiger partial charge >= 0.3 is 0 Å². The van der Waals surface area contributed by atoms with Crippen molar-refractivity contribution in [3.05, 3.63) is 0 Å². The summed E-state index contributed by atoms with van der Waals surface area (Å²) in [4.78, 5) is 14.2. The molecular weight excluding hydrogens is 246 g/mol. The third kappa shape index (κ3) is 3.77. The predicted octanol–water partition coefficient (Wildman–Crippen LogP) is 4.49. The van der Waals surface area contributed by atoms with Gasteiger partial charge in [0.25, 0.3) is 0 Å². The molecule has 2 heteroatoms. The molecule has 0 N–H and O–H groups in total. The maximum Gasteiger partial charge on any atom is 0.225 e. The van der Waals surface area contributed by atoms with E-state index in [0.29, 0.717) is 11.3 Å². The minimum atomic E-state index is 0.158. The quantitative estimate of drug-likeness (QED) is 0.745. The lowest BCUT2D eigenvalue weighted by Gasteiger charge is -2.46. The number of piperidine rings is 1. The average molecular weight is 279 g/mol. The zero-order valence-electron chi connectivity index (χ0n) is 14.0. The molecule has 2 fully saturated rings. The Morgan fingerprint density at radius 1 is 1.05 bits per heavy atom. The van der Waals surface area contributed by atoms with Crippen molar-refractivity contribution < 1.29 is 4.79 Å². The Morgan fingerprint density at radius 2 is 1.60 bits per heavy atom. The third-order valence-electron chi connectivity index (χ3n) is 5.60. The number of hydrogen-bond acceptors (Lipinski definition) is 1. The zero-order valence-corrected chi connectivity index (χ0v) is 14.0. The number of likely N-dealkylation sites (tertiary alicyclic amines) is 1. The maximum atomic E-state index is 12.1. The first-order chi connectivity index (χ1) is 9.42. The summed E-state index contributed by atoms with van der Waals surface area (Å²) < 4.78 is 0. The van der Waals surface area contributed by atoms with Gasteiger partial charge in [-0.15, -0.1) is 0 Å². The molecule has 2 rings (SSSR count). The van der Waals surface area contributed by atoms with E-state index >= 15 is 0 Å². The summed E-state index contributed by atoms with van der Waals surface area (Å²) in [5.74, 6) is 2.33. The van der Waals surface area contributed by atoms with E-state index in [0.717, 1.165) is 24.9 Å². The molecule has 2 aliphatic rings. The molecule has 1 aliphatic carbocycles. The standard InChI is InChI=1S/C18H33NO/c1-14(2)13-16-5-7-18(8-6-16)9-11-19(12-10-18)17(20)15(3)4/h14-16H,5-13H2,1-4H3. The monoisotopic (exact) mass is 279 g/mol. The van der Waals surface area contributed by atoms with Gasteiger partial charge in [-0.05, 0) is 62.2 Å². The van der Waals surface area contributed by atoms with Crippen LogP contribution < -0.4 is 0 Å². The van der Waals surface area contributed by atoms with Crippen molar-refractivity contribution in [3.63, 3.8) is 0 Å². The third-order valence-corrected chi connectivity index (χ3v) is 5.60. The normalized spacial score (nSPS) is 23.8. The molecule has 0 unspecified atom stereocenters. The van der Waals surface area contributed by atoms with E-state index in [4.69, 9.17) is 0 Å². The van der Waals surface area contributed by atoms with E-state index in [1.165, 1.54) is 44.9 Å². The van der Waals surface area contributed by atoms with Crippen LogP contribution in [-0.4, -0.2) is 23.9 Å². The molecule has 0 radical (unpaired) electrons. The van der Waals surface area contributed by atoms with Crippen LogP contribution in [0, 0.1) is 23.2 Å². The second-order valence-electron chi connectivity index (χ2n) is 8.05. The molecule has 0 aromatic heterocycles. The van der Waals surface area contributed by atoms with Crippen LogP contribution in [0.25, 0.3) is 0 Å². The second kappa shape index (κ2) is 6.49. The van der Waals surface area contributed by atoms with Gasteiger partial charge < -0.3 is 4.90 Å². The summed E-state index contributed by atoms with van der Waals surface area (Å²) in [6.07, 6.45) is 9.59. The Hall–Kier alpha value is -0.530. The summed E-state index contributed by atoms with van der Waals surface area (Å²) in [7, 11) is 0. The second-order valence-corrected chi connectivity index (χ2v) is 8.05. The number of amides is 1. The summed E-state index contributed by atoms with van der Waals surface area (Å²) in [6.45, 7) is 10.7. The van der Waals surface area contributed by atoms with E-state index in [1.54, 1.807) is 0 Å². The molecule has 20 heavy (non-hydrogen) atoms. The van der Waals surface area contributed by atoms with Crippen LogP contribution in [0.4, 0.5) is 0 Å². The Bertz CT molecular complexity index is 316. The van der Waals surface area contributed by atoms with Crippen molar-refractivity contribution in [2.75, 3.05) is 13.1 Å². The lowest BCUT2D eigenvalue weighted by atomic mass is 9.64. The van der Waals surface area contributed by atoms with Crippen LogP contribution in [0.3, 0.4) is 0 Å². The van der Waals surface area contributed by atoms with E-state index in [-0.39, 0.29) is 5.92 Å². The molecule has 0 aromatic rings. The fourth-order valence-corrected chi connectivity index (χ4v) is 4.26. The molecule has 1 amide bonds. The molecule has 0 bridgehead atoms. The molecule has 0 aromatic carbocycles. The Labute approximate surface area is 125 Å². The summed E-state index contributed by atoms with van der Waals surface area (Å²) in [5, 5.41) is 0. The SMILES string of the molecule is CC(C)CC1CCC2(CC1)CCN(C(=O)C(C)C)CC2. The highest BCUT2D eigenvalue weighted by atomic mass is 16.2. The fraction of sp³-hybridized carbons (Fsp3) is 0.944. The van der Waals surface area contributed by atoms with Gasteiger partial charge in [0.05, 0.1) is 0 Å². The first-order valence-corrected chi connectivity index (χ1v) is 8.71. The molecular formula is C18H33NO. The lowest BCUT2D eigenvalue weighted by molar-refractivity contribution is -0.137. The summed E-state index contributed by atoms with van der Waals surface area (Å²) in [5.41, 5.74) is 0.585. The lowest BCUT2D eigenvalue weighted by Crippen LogP contribution is -2.45. The minimum absolute atomic E-state index is 0.158. The van der Waals surface area contributed by atoms with Crippen LogP contribution >= 0.6 is 0 Å². The molecule has 1 spiro atoms. The van der Waals surface area contributed by atoms with Gasteiger partial charge in [0, 0.05) is 19.0 Å². The molecule has 1 saturated carbocycles. The van der Waals surface area contributed by atoms with Crippen LogP contribution in [0.2, 0.25) is 0 Å². The molecule has 1 heterocycles. The molecule has 0 atom stereocenters. The van der Waals surface area contributed by atoms with E-state index in [2.05, 4.69) is 18.7 Å². The van der Waals surface area contributed by atoms with Crippen molar-refractivity contribution >= 4 is 5.91 Å². The smallest absolute Gasteiger partial charge is 0.225 e. The number of hydrogen-bond donors (Lipinski definition) is 0. The zero-order chi connectivity index (χ0) is 14.8. The average Bonchev–Trinajstić information content (AvgIpc) is 2.41. The van der Waals surface area contributed by atoms with Crippen molar-refractivity contribution in [2.24, 2.45) is 23.2 Å². The highest BCUT2D eigenvalue weighted by Crippen LogP contribution is 2.47. The highest BCUT2D eigenvalue weighted by molar-refractivity contribution is 5.78.